The van der Waals surface area contributed by atoms with E-state index in [1.54, 1.807) is 18.3 Å². The molecule has 5 nitrogen and oxygen atoms in total. The zero-order valence-corrected chi connectivity index (χ0v) is 13.2. The number of hydrogen-bond donors (Lipinski definition) is 1. The van der Waals surface area contributed by atoms with Crippen LogP contribution in [-0.4, -0.2) is 39.9 Å². The summed E-state index contributed by atoms with van der Waals surface area (Å²) in [5.74, 6) is 1.14. The number of thiophene rings is 1. The second-order valence-corrected chi connectivity index (χ2v) is 6.94. The highest BCUT2D eigenvalue weighted by Gasteiger charge is 2.12. The molecule has 0 radical (unpaired) electrons. The van der Waals surface area contributed by atoms with Crippen molar-refractivity contribution in [1.29, 1.82) is 0 Å². The zero-order chi connectivity index (χ0) is 13.8. The molecule has 1 N–H and O–H groups in total. The molecule has 0 bridgehead atoms. The van der Waals surface area contributed by atoms with Gasteiger partial charge in [0.05, 0.1) is 21.3 Å². The van der Waals surface area contributed by atoms with E-state index in [9.17, 15) is 5.11 Å². The highest BCUT2D eigenvalue weighted by molar-refractivity contribution is 9.11. The van der Waals surface area contributed by atoms with Crippen molar-refractivity contribution in [2.24, 2.45) is 0 Å². The van der Waals surface area contributed by atoms with E-state index >= 15 is 0 Å². The van der Waals surface area contributed by atoms with Crippen molar-refractivity contribution in [1.82, 2.24) is 15.1 Å². The molecule has 0 aromatic carbocycles. The Bertz CT molecular complexity index is 527. The Kier molecular flexibility index (Phi) is 5.09. The van der Waals surface area contributed by atoms with Crippen LogP contribution >= 0.6 is 27.3 Å². The first-order chi connectivity index (χ1) is 9.04. The quantitative estimate of drug-likeness (QED) is 0.872. The molecule has 0 fully saturated rings. The molecule has 1 atom stereocenters. The lowest BCUT2D eigenvalue weighted by Crippen LogP contribution is -2.22. The average Bonchev–Trinajstić information content (AvgIpc) is 2.95. The largest absolute Gasteiger partial charge is 0.419 e. The van der Waals surface area contributed by atoms with E-state index in [0.29, 0.717) is 18.3 Å². The Labute approximate surface area is 124 Å². The van der Waals surface area contributed by atoms with E-state index in [0.717, 1.165) is 21.6 Å². The molecule has 1 unspecified atom stereocenters. The predicted octanol–water partition coefficient (Wildman–Crippen LogP) is 2.76. The second kappa shape index (κ2) is 6.60. The number of hydrogen-bond acceptors (Lipinski definition) is 6. The summed E-state index contributed by atoms with van der Waals surface area (Å²) >= 11 is 4.97. The number of aliphatic hydroxyl groups excluding tert-OH is 1. The van der Waals surface area contributed by atoms with Crippen LogP contribution in [0.4, 0.5) is 0 Å². The minimum absolute atomic E-state index is 0.288. The Balaban J connectivity index is 1.94. The Morgan fingerprint density at radius 1 is 1.47 bits per heavy atom. The molecule has 0 amide bonds. The number of aliphatic hydroxyl groups is 1. The maximum absolute atomic E-state index is 9.24. The molecule has 0 aliphatic heterocycles. The summed E-state index contributed by atoms with van der Waals surface area (Å²) in [6.45, 7) is 3.17. The van der Waals surface area contributed by atoms with Crippen molar-refractivity contribution in [3.8, 4) is 10.8 Å². The molecule has 0 aliphatic rings. The van der Waals surface area contributed by atoms with Gasteiger partial charge in [-0.05, 0) is 48.5 Å². The normalized spacial score (nSPS) is 13.1. The molecule has 2 rings (SSSR count). The molecule has 0 spiro atoms. The van der Waals surface area contributed by atoms with E-state index in [-0.39, 0.29) is 6.10 Å². The van der Waals surface area contributed by atoms with Gasteiger partial charge in [-0.2, -0.15) is 0 Å². The number of rotatable bonds is 6. The molecular formula is C12H16BrN3O2S. The summed E-state index contributed by atoms with van der Waals surface area (Å²) in [5, 5.41) is 17.3. The Morgan fingerprint density at radius 3 is 2.89 bits per heavy atom. The highest BCUT2D eigenvalue weighted by Crippen LogP contribution is 2.30. The van der Waals surface area contributed by atoms with Crippen molar-refractivity contribution in [3.05, 3.63) is 21.8 Å². The van der Waals surface area contributed by atoms with Crippen molar-refractivity contribution in [2.45, 2.75) is 26.0 Å². The van der Waals surface area contributed by atoms with Crippen molar-refractivity contribution in [3.63, 3.8) is 0 Å². The van der Waals surface area contributed by atoms with Gasteiger partial charge in [-0.25, -0.2) is 0 Å². The smallest absolute Gasteiger partial charge is 0.257 e. The Morgan fingerprint density at radius 2 is 2.26 bits per heavy atom. The minimum atomic E-state index is -0.288. The van der Waals surface area contributed by atoms with Crippen LogP contribution in [0.2, 0.25) is 0 Å². The maximum Gasteiger partial charge on any atom is 0.257 e. The van der Waals surface area contributed by atoms with Gasteiger partial charge in [-0.3, -0.25) is 4.90 Å². The third-order valence-corrected chi connectivity index (χ3v) is 4.20. The first-order valence-electron chi connectivity index (χ1n) is 5.99. The van der Waals surface area contributed by atoms with Crippen LogP contribution in [0.15, 0.2) is 20.3 Å². The highest BCUT2D eigenvalue weighted by atomic mass is 79.9. The standard InChI is InChI=1S/C12H16BrN3O2S/c1-8(17)5-6-16(2)7-11-14-15-12(18-11)9-3-4-10(13)19-9/h3-4,8,17H,5-7H2,1-2H3. The van der Waals surface area contributed by atoms with E-state index in [4.69, 9.17) is 4.42 Å². The molecule has 2 heterocycles. The summed E-state index contributed by atoms with van der Waals surface area (Å²) in [6, 6.07) is 3.90. The van der Waals surface area contributed by atoms with Crippen LogP contribution in [0.5, 0.6) is 0 Å². The van der Waals surface area contributed by atoms with E-state index in [1.165, 1.54) is 0 Å². The molecule has 2 aromatic rings. The molecular weight excluding hydrogens is 330 g/mol. The van der Waals surface area contributed by atoms with Gasteiger partial charge in [0, 0.05) is 6.54 Å². The topological polar surface area (TPSA) is 62.4 Å². The molecule has 19 heavy (non-hydrogen) atoms. The fraction of sp³-hybridized carbons (Fsp3) is 0.500. The number of nitrogens with zero attached hydrogens (tertiary/aromatic N) is 3. The van der Waals surface area contributed by atoms with Crippen LogP contribution in [0.1, 0.15) is 19.2 Å². The van der Waals surface area contributed by atoms with Crippen LogP contribution < -0.4 is 0 Å². The lowest BCUT2D eigenvalue weighted by Gasteiger charge is -2.14. The molecule has 0 saturated heterocycles. The SMILES string of the molecule is CC(O)CCN(C)Cc1nnc(-c2ccc(Br)s2)o1. The van der Waals surface area contributed by atoms with Gasteiger partial charge < -0.3 is 9.52 Å². The van der Waals surface area contributed by atoms with Crippen molar-refractivity contribution >= 4 is 27.3 Å². The lowest BCUT2D eigenvalue weighted by atomic mass is 10.3. The minimum Gasteiger partial charge on any atom is -0.419 e. The monoisotopic (exact) mass is 345 g/mol. The summed E-state index contributed by atoms with van der Waals surface area (Å²) in [7, 11) is 1.97. The lowest BCUT2D eigenvalue weighted by molar-refractivity contribution is 0.159. The Hall–Kier alpha value is -0.760. The van der Waals surface area contributed by atoms with Gasteiger partial charge >= 0.3 is 0 Å². The van der Waals surface area contributed by atoms with Gasteiger partial charge in [-0.1, -0.05) is 0 Å². The van der Waals surface area contributed by atoms with Crippen LogP contribution in [0, 0.1) is 0 Å². The van der Waals surface area contributed by atoms with Crippen LogP contribution in [-0.2, 0) is 6.54 Å². The second-order valence-electron chi connectivity index (χ2n) is 4.48. The van der Waals surface area contributed by atoms with Crippen molar-refractivity contribution < 1.29 is 9.52 Å². The van der Waals surface area contributed by atoms with Gasteiger partial charge in [0.25, 0.3) is 5.89 Å². The molecule has 2 aromatic heterocycles. The van der Waals surface area contributed by atoms with E-state index < -0.39 is 0 Å². The van der Waals surface area contributed by atoms with E-state index in [1.807, 2.05) is 24.1 Å². The summed E-state index contributed by atoms with van der Waals surface area (Å²) < 4.78 is 6.66. The predicted molar refractivity (Wildman–Crippen MR) is 77.9 cm³/mol. The third kappa shape index (κ3) is 4.38. The summed E-state index contributed by atoms with van der Waals surface area (Å²) in [4.78, 5) is 3.01. The third-order valence-electron chi connectivity index (χ3n) is 2.58. The fourth-order valence-electron chi connectivity index (χ4n) is 1.56. The van der Waals surface area contributed by atoms with Crippen LogP contribution in [0.25, 0.3) is 10.8 Å². The summed E-state index contributed by atoms with van der Waals surface area (Å²) in [5.41, 5.74) is 0. The van der Waals surface area contributed by atoms with Gasteiger partial charge in [-0.15, -0.1) is 21.5 Å². The van der Waals surface area contributed by atoms with Gasteiger partial charge in [0.15, 0.2) is 0 Å². The van der Waals surface area contributed by atoms with Crippen LogP contribution in [0.3, 0.4) is 0 Å². The summed E-state index contributed by atoms with van der Waals surface area (Å²) in [6.07, 6.45) is 0.444. The first-order valence-corrected chi connectivity index (χ1v) is 7.60. The molecule has 0 aliphatic carbocycles. The first kappa shape index (κ1) is 14.6. The van der Waals surface area contributed by atoms with Gasteiger partial charge in [0.1, 0.15) is 0 Å². The molecule has 104 valence electrons. The number of halogens is 1. The maximum atomic E-state index is 9.24. The number of aromatic nitrogens is 2. The fourth-order valence-corrected chi connectivity index (χ4v) is 2.87. The zero-order valence-electron chi connectivity index (χ0n) is 10.8. The average molecular weight is 346 g/mol. The van der Waals surface area contributed by atoms with E-state index in [2.05, 4.69) is 26.1 Å². The molecule has 7 heteroatoms. The van der Waals surface area contributed by atoms with Crippen molar-refractivity contribution in [2.75, 3.05) is 13.6 Å². The molecule has 0 saturated carbocycles. The van der Waals surface area contributed by atoms with Gasteiger partial charge in [0.2, 0.25) is 5.89 Å².